The van der Waals surface area contributed by atoms with Crippen LogP contribution in [0.4, 0.5) is 15.9 Å². The van der Waals surface area contributed by atoms with Crippen LogP contribution < -0.4 is 16.6 Å². The predicted molar refractivity (Wildman–Crippen MR) is 101 cm³/mol. The summed E-state index contributed by atoms with van der Waals surface area (Å²) in [5.41, 5.74) is 4.76. The number of rotatable bonds is 7. The summed E-state index contributed by atoms with van der Waals surface area (Å²) >= 11 is 0.674. The Hall–Kier alpha value is -3.21. The van der Waals surface area contributed by atoms with E-state index in [0.717, 1.165) is 12.1 Å². The Morgan fingerprint density at radius 1 is 1.32 bits per heavy atom. The highest BCUT2D eigenvalue weighted by Gasteiger charge is 2.27. The van der Waals surface area contributed by atoms with Crippen molar-refractivity contribution in [1.82, 2.24) is 9.97 Å². The van der Waals surface area contributed by atoms with Gasteiger partial charge in [0.25, 0.3) is 11.5 Å². The number of amides is 1. The van der Waals surface area contributed by atoms with Gasteiger partial charge in [-0.2, -0.15) is 0 Å². The summed E-state index contributed by atoms with van der Waals surface area (Å²) in [5.74, 6) is -2.77. The van der Waals surface area contributed by atoms with Gasteiger partial charge in [-0.05, 0) is 38.1 Å². The van der Waals surface area contributed by atoms with Gasteiger partial charge >= 0.3 is 5.97 Å². The lowest BCUT2D eigenvalue weighted by Gasteiger charge is -2.12. The summed E-state index contributed by atoms with van der Waals surface area (Å²) in [6.07, 6.45) is 0. The second-order valence-corrected chi connectivity index (χ2v) is 6.55. The number of aromatic nitrogens is 2. The lowest BCUT2D eigenvalue weighted by molar-refractivity contribution is -0.144. The number of carbonyl (C=O) groups excluding carboxylic acids is 3. The number of H-pyrrole nitrogens is 1. The Kier molecular flexibility index (Phi) is 6.88. The fourth-order valence-corrected chi connectivity index (χ4v) is 2.92. The lowest BCUT2D eigenvalue weighted by atomic mass is 10.2. The van der Waals surface area contributed by atoms with Crippen LogP contribution in [0, 0.1) is 5.82 Å². The molecule has 0 bridgehead atoms. The largest absolute Gasteiger partial charge is 0.465 e. The Balaban J connectivity index is 2.23. The molecule has 0 aliphatic carbocycles. The van der Waals surface area contributed by atoms with Crippen LogP contribution in [-0.4, -0.2) is 39.5 Å². The number of halogens is 1. The van der Waals surface area contributed by atoms with E-state index in [2.05, 4.69) is 15.3 Å². The van der Waals surface area contributed by atoms with Crippen LogP contribution in [0.15, 0.2) is 34.2 Å². The molecule has 148 valence electrons. The van der Waals surface area contributed by atoms with E-state index in [1.165, 1.54) is 19.1 Å². The van der Waals surface area contributed by atoms with Gasteiger partial charge < -0.3 is 15.8 Å². The number of thioether (sulfide) groups is 1. The number of nitrogens with zero attached hydrogens (tertiary/aromatic N) is 1. The maximum Gasteiger partial charge on any atom is 0.327 e. The number of ether oxygens (including phenoxy) is 1. The minimum atomic E-state index is -1.22. The Morgan fingerprint density at radius 3 is 2.50 bits per heavy atom. The summed E-state index contributed by atoms with van der Waals surface area (Å²) in [7, 11) is 0. The summed E-state index contributed by atoms with van der Waals surface area (Å²) < 4.78 is 17.8. The van der Waals surface area contributed by atoms with Crippen molar-refractivity contribution in [2.75, 3.05) is 17.7 Å². The highest BCUT2D eigenvalue weighted by atomic mass is 32.2. The van der Waals surface area contributed by atoms with Crippen molar-refractivity contribution in [2.24, 2.45) is 0 Å². The van der Waals surface area contributed by atoms with Gasteiger partial charge in [-0.15, -0.1) is 0 Å². The standard InChI is InChI=1S/C17H17FN4O5S/c1-3-27-16(26)12(8(2)23)28-17-21-13(19)11(15(25)22-17)20-14(24)9-4-6-10(18)7-5-9/h4-7,12H,3H2,1-2H3,(H,20,24)(H3,19,21,22,25)/t12-/m0/s1. The van der Waals surface area contributed by atoms with Gasteiger partial charge in [0.2, 0.25) is 0 Å². The normalized spacial score (nSPS) is 11.5. The quantitative estimate of drug-likeness (QED) is 0.270. The molecule has 9 nitrogen and oxygen atoms in total. The fraction of sp³-hybridized carbons (Fsp3) is 0.235. The van der Waals surface area contributed by atoms with E-state index in [9.17, 15) is 23.6 Å². The van der Waals surface area contributed by atoms with Gasteiger partial charge in [0.15, 0.2) is 22.0 Å². The van der Waals surface area contributed by atoms with Crippen LogP contribution in [0.25, 0.3) is 0 Å². The van der Waals surface area contributed by atoms with Gasteiger partial charge in [-0.3, -0.25) is 24.2 Å². The summed E-state index contributed by atoms with van der Waals surface area (Å²) in [6, 6.07) is 4.67. The zero-order chi connectivity index (χ0) is 20.8. The molecule has 0 fully saturated rings. The minimum Gasteiger partial charge on any atom is -0.465 e. The topological polar surface area (TPSA) is 144 Å². The molecule has 0 spiro atoms. The number of aromatic amines is 1. The van der Waals surface area contributed by atoms with E-state index in [4.69, 9.17) is 10.5 Å². The molecule has 0 saturated carbocycles. The van der Waals surface area contributed by atoms with E-state index in [-0.39, 0.29) is 28.8 Å². The molecule has 0 saturated heterocycles. The minimum absolute atomic E-state index is 0.0869. The highest BCUT2D eigenvalue weighted by Crippen LogP contribution is 2.23. The zero-order valence-electron chi connectivity index (χ0n) is 14.9. The number of hydrogen-bond acceptors (Lipinski definition) is 8. The smallest absolute Gasteiger partial charge is 0.327 e. The number of ketones is 1. The number of carbonyl (C=O) groups is 3. The molecular formula is C17H17FN4O5S. The van der Waals surface area contributed by atoms with E-state index >= 15 is 0 Å². The number of nitrogens with two attached hydrogens (primary N) is 1. The van der Waals surface area contributed by atoms with Crippen molar-refractivity contribution in [3.05, 3.63) is 46.0 Å². The number of benzene rings is 1. The van der Waals surface area contributed by atoms with Crippen molar-refractivity contribution < 1.29 is 23.5 Å². The van der Waals surface area contributed by atoms with Gasteiger partial charge in [0.05, 0.1) is 6.61 Å². The van der Waals surface area contributed by atoms with Crippen molar-refractivity contribution in [1.29, 1.82) is 0 Å². The molecule has 1 atom stereocenters. The first-order valence-electron chi connectivity index (χ1n) is 8.03. The van der Waals surface area contributed by atoms with E-state index in [0.29, 0.717) is 11.8 Å². The molecule has 4 N–H and O–H groups in total. The van der Waals surface area contributed by atoms with E-state index in [1.54, 1.807) is 6.92 Å². The van der Waals surface area contributed by atoms with Crippen LogP contribution in [0.5, 0.6) is 0 Å². The first-order valence-corrected chi connectivity index (χ1v) is 8.91. The van der Waals surface area contributed by atoms with Crippen LogP contribution in [0.3, 0.4) is 0 Å². The number of esters is 1. The van der Waals surface area contributed by atoms with Crippen molar-refractivity contribution in [3.8, 4) is 0 Å². The van der Waals surface area contributed by atoms with Gasteiger partial charge in [-0.1, -0.05) is 11.8 Å². The maximum absolute atomic E-state index is 12.9. The number of hydrogen-bond donors (Lipinski definition) is 3. The summed E-state index contributed by atoms with van der Waals surface area (Å²) in [6.45, 7) is 2.88. The number of anilines is 2. The zero-order valence-corrected chi connectivity index (χ0v) is 15.8. The number of nitrogen functional groups attached to an aromatic ring is 1. The molecular weight excluding hydrogens is 391 g/mol. The monoisotopic (exact) mass is 408 g/mol. The summed E-state index contributed by atoms with van der Waals surface area (Å²) in [4.78, 5) is 54.2. The molecule has 0 aliphatic heterocycles. The van der Waals surface area contributed by atoms with Crippen LogP contribution in [0.1, 0.15) is 24.2 Å². The third-order valence-corrected chi connectivity index (χ3v) is 4.55. The average Bonchev–Trinajstić information content (AvgIpc) is 2.63. The number of Topliss-reactive ketones (excluding diaryl/α,β-unsaturated/α-hetero) is 1. The van der Waals surface area contributed by atoms with Crippen LogP contribution in [-0.2, 0) is 14.3 Å². The molecule has 1 amide bonds. The maximum atomic E-state index is 12.9. The van der Waals surface area contributed by atoms with E-state index in [1.807, 2.05) is 0 Å². The average molecular weight is 408 g/mol. The Morgan fingerprint density at radius 2 is 1.96 bits per heavy atom. The van der Waals surface area contributed by atoms with Gasteiger partial charge in [0.1, 0.15) is 11.5 Å². The van der Waals surface area contributed by atoms with Crippen molar-refractivity contribution in [2.45, 2.75) is 24.3 Å². The fourth-order valence-electron chi connectivity index (χ4n) is 2.06. The molecule has 1 heterocycles. The molecule has 0 unspecified atom stereocenters. The Labute approximate surface area is 162 Å². The van der Waals surface area contributed by atoms with Gasteiger partial charge in [-0.25, -0.2) is 9.37 Å². The van der Waals surface area contributed by atoms with Crippen LogP contribution >= 0.6 is 11.8 Å². The molecule has 2 aromatic rings. The Bertz CT molecular complexity index is 961. The number of nitrogens with one attached hydrogen (secondary N) is 2. The first-order chi connectivity index (χ1) is 13.2. The molecule has 1 aromatic heterocycles. The highest BCUT2D eigenvalue weighted by molar-refractivity contribution is 8.01. The third kappa shape index (κ3) is 5.16. The second-order valence-electron chi connectivity index (χ2n) is 5.45. The van der Waals surface area contributed by atoms with E-state index < -0.39 is 34.3 Å². The molecule has 28 heavy (non-hydrogen) atoms. The molecule has 11 heteroatoms. The first kappa shape index (κ1) is 21.1. The van der Waals surface area contributed by atoms with Crippen molar-refractivity contribution in [3.63, 3.8) is 0 Å². The predicted octanol–water partition coefficient (Wildman–Crippen LogP) is 1.36. The molecule has 2 rings (SSSR count). The third-order valence-electron chi connectivity index (χ3n) is 3.37. The molecule has 1 aromatic carbocycles. The second kappa shape index (κ2) is 9.13. The molecule has 0 radical (unpaired) electrons. The van der Waals surface area contributed by atoms with Crippen LogP contribution in [0.2, 0.25) is 0 Å². The summed E-state index contributed by atoms with van der Waals surface area (Å²) in [5, 5.41) is 0.992. The SMILES string of the molecule is CCOC(=O)[C@@H](Sc1nc(N)c(NC(=O)c2ccc(F)cc2)c(=O)[nH]1)C(C)=O. The van der Waals surface area contributed by atoms with Crippen molar-refractivity contribution >= 4 is 40.9 Å². The lowest BCUT2D eigenvalue weighted by Crippen LogP contribution is -2.28. The van der Waals surface area contributed by atoms with Gasteiger partial charge in [0, 0.05) is 5.56 Å². The molecule has 0 aliphatic rings.